The summed E-state index contributed by atoms with van der Waals surface area (Å²) in [5.74, 6) is 0.979. The van der Waals surface area contributed by atoms with E-state index in [0.29, 0.717) is 23.5 Å². The standard InChI is InChI=1S/C77H62N4OSi2/c1-56-50-73(83(61-30-11-5-12-31-61,62-32-13-6-14-33-62)63-34-15-7-16-35-63)76(74(51-56)84(64-36-17-8-18-37-64,65-38-19-9-20-39-65)66-40-21-10-22-41-66)80-55-79(70-44-25-26-45-71(70)80)58-28-27-29-59(53-58)82-60-46-47-68-67-42-23-24-43-69(67)81(72(68)54-60)75-52-57(48-49-78-75)77(2,3)4/h5-54H,1-4H3/i1D3,5D,6D,7D,8D,9D,10D,11D,12D,13D,14D,15D,16D,17D,18D,19D,20D,21D,22D,30D,31D,32D,33D,34D,35D,36D,37D,38D,39D,40D,41D. The minimum absolute atomic E-state index is 0.0243. The van der Waals surface area contributed by atoms with E-state index in [-0.39, 0.29) is 33.6 Å². The molecule has 3 heterocycles. The zero-order chi connectivity index (χ0) is 85.4. The smallest absolute Gasteiger partial charge is 0.269 e. The fraction of sp³-hybridized carbons (Fsp3) is 0.0649. The number of hydrogen-bond acceptors (Lipinski definition) is 2. The van der Waals surface area contributed by atoms with E-state index in [2.05, 4.69) is 27.1 Å². The zero-order valence-electron chi connectivity index (χ0n) is 77.7. The highest BCUT2D eigenvalue weighted by Gasteiger charge is 2.49. The Bertz CT molecular complexity index is 5950. The molecule has 0 aliphatic heterocycles. The number of fused-ring (bicyclic) bond motifs is 4. The van der Waals surface area contributed by atoms with Gasteiger partial charge < -0.3 is 4.74 Å². The number of aromatic nitrogens is 4. The number of pyridine rings is 1. The van der Waals surface area contributed by atoms with Crippen molar-refractivity contribution in [1.82, 2.24) is 14.1 Å². The van der Waals surface area contributed by atoms with Crippen LogP contribution in [0.4, 0.5) is 0 Å². The molecule has 0 saturated carbocycles. The number of nitrogens with zero attached hydrogens (tertiary/aromatic N) is 4. The van der Waals surface area contributed by atoms with Gasteiger partial charge in [-0.25, -0.2) is 4.98 Å². The van der Waals surface area contributed by atoms with Crippen molar-refractivity contribution in [3.63, 3.8) is 0 Å². The van der Waals surface area contributed by atoms with E-state index < -0.39 is 257 Å². The van der Waals surface area contributed by atoms with Crippen molar-refractivity contribution >= 4 is 90.5 Å². The normalized spacial score (nSPS) is 17.7. The number of rotatable bonds is 13. The van der Waals surface area contributed by atoms with Gasteiger partial charge in [-0.15, -0.1) is 0 Å². The van der Waals surface area contributed by atoms with Crippen LogP contribution in [0.5, 0.6) is 11.5 Å². The quantitative estimate of drug-likeness (QED) is 0.0499. The highest BCUT2D eigenvalue weighted by molar-refractivity contribution is 7.22. The van der Waals surface area contributed by atoms with Crippen LogP contribution >= 0.6 is 0 Å². The lowest BCUT2D eigenvalue weighted by Crippen LogP contribution is -2.80. The fourth-order valence-corrected chi connectivity index (χ4v) is 19.3. The molecule has 0 bridgehead atoms. The third kappa shape index (κ3) is 8.83. The van der Waals surface area contributed by atoms with Crippen LogP contribution in [0, 0.1) is 13.2 Å². The molecule has 14 aromatic rings. The lowest BCUT2D eigenvalue weighted by molar-refractivity contribution is -0.570. The van der Waals surface area contributed by atoms with Gasteiger partial charge in [0.15, 0.2) is 16.1 Å². The largest absolute Gasteiger partial charge is 0.458 e. The Balaban J connectivity index is 1.28. The average molecular weight is 1150 g/mol. The summed E-state index contributed by atoms with van der Waals surface area (Å²) in [4.78, 5) is 4.82. The molecule has 0 unspecified atom stereocenters. The molecule has 5 nitrogen and oxygen atoms in total. The number of ether oxygens (including phenoxy) is 1. The Hall–Kier alpha value is -9.93. The minimum atomic E-state index is -7.02. The Morgan fingerprint density at radius 2 is 0.952 bits per heavy atom. The summed E-state index contributed by atoms with van der Waals surface area (Å²) in [6.45, 7) is 2.39. The molecule has 0 radical (unpaired) electrons. The van der Waals surface area contributed by atoms with Crippen molar-refractivity contribution in [2.45, 2.75) is 33.0 Å². The Morgan fingerprint density at radius 1 is 0.476 bits per heavy atom. The first-order valence-electron chi connectivity index (χ1n) is 42.7. The van der Waals surface area contributed by atoms with Gasteiger partial charge in [-0.3, -0.25) is 13.7 Å². The monoisotopic (exact) mass is 1150 g/mol. The van der Waals surface area contributed by atoms with Gasteiger partial charge in [-0.2, -0.15) is 0 Å². The third-order valence-corrected chi connectivity index (χ3v) is 23.1. The Morgan fingerprint density at radius 3 is 1.46 bits per heavy atom. The highest BCUT2D eigenvalue weighted by atomic mass is 28.3. The van der Waals surface area contributed by atoms with Crippen molar-refractivity contribution in [2.24, 2.45) is 0 Å². The van der Waals surface area contributed by atoms with Gasteiger partial charge in [0.2, 0.25) is 0 Å². The van der Waals surface area contributed by atoms with E-state index in [1.54, 1.807) is 30.5 Å². The maximum Gasteiger partial charge on any atom is 0.269 e. The van der Waals surface area contributed by atoms with E-state index in [1.807, 2.05) is 47.0 Å². The third-order valence-electron chi connectivity index (χ3n) is 14.8. The van der Waals surface area contributed by atoms with Gasteiger partial charge >= 0.3 is 0 Å². The first-order valence-corrected chi connectivity index (χ1v) is 30.2. The van der Waals surface area contributed by atoms with Crippen molar-refractivity contribution in [1.29, 1.82) is 0 Å². The molecule has 0 amide bonds. The molecule has 0 spiro atoms. The maximum absolute atomic E-state index is 10.3. The summed E-state index contributed by atoms with van der Waals surface area (Å²) >= 11 is 0. The van der Waals surface area contributed by atoms with E-state index >= 15 is 0 Å². The molecule has 0 aliphatic rings. The molecule has 0 aliphatic carbocycles. The molecular weight excluding hydrogens is 1050 g/mol. The predicted molar refractivity (Wildman–Crippen MR) is 353 cm³/mol. The Labute approximate surface area is 540 Å². The molecule has 0 N–H and O–H groups in total. The van der Waals surface area contributed by atoms with Crippen LogP contribution in [0.2, 0.25) is 0 Å². The van der Waals surface area contributed by atoms with Gasteiger partial charge in [0.25, 0.3) is 6.33 Å². The molecule has 404 valence electrons. The minimum Gasteiger partial charge on any atom is -0.458 e. The molecule has 0 atom stereocenters. The summed E-state index contributed by atoms with van der Waals surface area (Å²) < 4.78 is 333. The van der Waals surface area contributed by atoms with Gasteiger partial charge in [0.05, 0.1) is 74.6 Å². The lowest BCUT2D eigenvalue weighted by atomic mass is 9.88. The predicted octanol–water partition coefficient (Wildman–Crippen LogP) is 12.4. The summed E-state index contributed by atoms with van der Waals surface area (Å²) in [5.41, 5.74) is -0.227. The van der Waals surface area contributed by atoms with Crippen LogP contribution in [0.1, 0.15) is 77.1 Å². The first-order chi connectivity index (χ1) is 54.8. The zero-order valence-corrected chi connectivity index (χ0v) is 46.7. The van der Waals surface area contributed by atoms with E-state index in [0.717, 1.165) is 26.4 Å². The van der Waals surface area contributed by atoms with Gasteiger partial charge in [-0.05, 0) is 108 Å². The average Bonchev–Trinajstić information content (AvgIpc) is 1.12. The van der Waals surface area contributed by atoms with Crippen LogP contribution in [-0.2, 0) is 5.41 Å². The van der Waals surface area contributed by atoms with Crippen LogP contribution in [0.25, 0.3) is 50.0 Å². The van der Waals surface area contributed by atoms with E-state index in [9.17, 15) is 37.0 Å². The topological polar surface area (TPSA) is 35.9 Å². The van der Waals surface area contributed by atoms with E-state index in [1.165, 1.54) is 41.0 Å². The number of imidazole rings is 1. The van der Waals surface area contributed by atoms with Crippen LogP contribution < -0.4 is 50.8 Å². The number of benzene rings is 11. The summed E-state index contributed by atoms with van der Waals surface area (Å²) in [6.07, 6.45) is 4.96. The summed E-state index contributed by atoms with van der Waals surface area (Å²) in [6, 6.07) is -9.26. The van der Waals surface area contributed by atoms with Crippen LogP contribution in [-0.4, -0.2) is 30.3 Å². The maximum atomic E-state index is 10.3. The molecule has 14 rings (SSSR count). The summed E-state index contributed by atoms with van der Waals surface area (Å²) in [5, 5.41) is -8.10. The molecule has 7 heteroatoms. The number of aryl methyl sites for hydroxylation is 1. The van der Waals surface area contributed by atoms with Crippen LogP contribution in [0.15, 0.2) is 303 Å². The first kappa shape index (κ1) is 27.4. The van der Waals surface area contributed by atoms with Gasteiger partial charge in [0.1, 0.15) is 17.3 Å². The molecule has 3 aromatic heterocycles. The second kappa shape index (κ2) is 21.4. The van der Waals surface area contributed by atoms with Crippen molar-refractivity contribution in [3.05, 3.63) is 320 Å². The molecule has 0 saturated heterocycles. The van der Waals surface area contributed by atoms with Gasteiger partial charge in [0, 0.05) is 27.1 Å². The van der Waals surface area contributed by atoms with Crippen molar-refractivity contribution < 1.29 is 54.5 Å². The number of hydrogen-bond donors (Lipinski definition) is 0. The second-order valence-corrected chi connectivity index (χ2v) is 27.5. The highest BCUT2D eigenvalue weighted by Crippen LogP contribution is 2.36. The van der Waals surface area contributed by atoms with E-state index in [4.69, 9.17) is 17.9 Å². The lowest BCUT2D eigenvalue weighted by Gasteiger charge is -2.41. The second-order valence-electron chi connectivity index (χ2n) is 20.5. The Kier molecular flexibility index (Phi) is 7.00. The molecule has 0 fully saturated rings. The summed E-state index contributed by atoms with van der Waals surface area (Å²) in [7, 11) is -14.0. The molecular formula is C77H62N4OSi2. The van der Waals surface area contributed by atoms with Crippen molar-refractivity contribution in [3.8, 4) is 28.7 Å². The fourth-order valence-electron chi connectivity index (χ4n) is 11.1. The van der Waals surface area contributed by atoms with Crippen molar-refractivity contribution in [2.75, 3.05) is 0 Å². The molecule has 84 heavy (non-hydrogen) atoms. The SMILES string of the molecule is [2H]c1c([2H])c([2H])c([Si](c2cc(C([2H])([2H])[2H])cc([Si](c3c([2H])c([2H])c([2H])c([2H])c3[2H])(c3c([2H])c([2H])c([2H])c([2H])c3[2H])c3c([2H])c([2H])c([2H])c([2H])c3[2H])c2-[n+]2[c-]n(-c3cccc(Oc4ccc5c6ccccc6n(-c6cc(C(C)(C)C)ccn6)c5c4)c3)c3ccccc32)(c2c([2H])c([2H])c([2H])c([2H])c2[2H])c2c([2H])c([2H])c([2H])c([2H])c2[2H])c([2H])c1[2H]. The van der Waals surface area contributed by atoms with Crippen LogP contribution in [0.3, 0.4) is 0 Å². The number of para-hydroxylation sites is 3. The van der Waals surface area contributed by atoms with Gasteiger partial charge in [-0.1, -0.05) is 268 Å². The molecule has 11 aromatic carbocycles.